The fourth-order valence-electron chi connectivity index (χ4n) is 3.23. The van der Waals surface area contributed by atoms with Crippen molar-refractivity contribution in [2.45, 2.75) is 12.0 Å². The van der Waals surface area contributed by atoms with Crippen LogP contribution >= 0.6 is 0 Å². The van der Waals surface area contributed by atoms with E-state index in [1.807, 2.05) is 18.2 Å². The van der Waals surface area contributed by atoms with Crippen LogP contribution in [0.2, 0.25) is 0 Å². The summed E-state index contributed by atoms with van der Waals surface area (Å²) in [5, 5.41) is 9.56. The van der Waals surface area contributed by atoms with Crippen LogP contribution in [0.5, 0.6) is 28.7 Å². The first-order chi connectivity index (χ1) is 10.3. The minimum atomic E-state index is -0.0909. The summed E-state index contributed by atoms with van der Waals surface area (Å²) in [4.78, 5) is 0. The van der Waals surface area contributed by atoms with Crippen LogP contribution in [0.3, 0.4) is 0 Å². The Morgan fingerprint density at radius 3 is 2.62 bits per heavy atom. The Balaban J connectivity index is 1.62. The molecule has 106 valence electrons. The Morgan fingerprint density at radius 2 is 1.71 bits per heavy atom. The molecule has 0 unspecified atom stereocenters. The van der Waals surface area contributed by atoms with Crippen LogP contribution in [-0.4, -0.2) is 18.5 Å². The first-order valence-corrected chi connectivity index (χ1v) is 6.85. The molecule has 2 aromatic rings. The second-order valence-electron chi connectivity index (χ2n) is 5.42. The molecule has 0 saturated carbocycles. The van der Waals surface area contributed by atoms with E-state index in [0.717, 1.165) is 28.4 Å². The third-order valence-electron chi connectivity index (χ3n) is 4.25. The van der Waals surface area contributed by atoms with Gasteiger partial charge in [0.1, 0.15) is 23.4 Å². The molecule has 2 atom stereocenters. The molecule has 3 aliphatic rings. The van der Waals surface area contributed by atoms with E-state index in [4.69, 9.17) is 18.9 Å². The predicted octanol–water partition coefficient (Wildman–Crippen LogP) is 2.73. The quantitative estimate of drug-likeness (QED) is 0.806. The van der Waals surface area contributed by atoms with E-state index < -0.39 is 0 Å². The molecular formula is C16H12O5. The van der Waals surface area contributed by atoms with Crippen molar-refractivity contribution in [2.75, 3.05) is 13.4 Å². The average molecular weight is 284 g/mol. The maximum Gasteiger partial charge on any atom is 0.231 e. The first-order valence-electron chi connectivity index (χ1n) is 6.85. The van der Waals surface area contributed by atoms with E-state index in [1.165, 1.54) is 0 Å². The highest BCUT2D eigenvalue weighted by Gasteiger charge is 2.42. The van der Waals surface area contributed by atoms with E-state index in [1.54, 1.807) is 12.1 Å². The van der Waals surface area contributed by atoms with Gasteiger partial charge in [-0.25, -0.2) is 0 Å². The fraction of sp³-hybridized carbons (Fsp3) is 0.250. The van der Waals surface area contributed by atoms with Crippen LogP contribution in [0.25, 0.3) is 0 Å². The third kappa shape index (κ3) is 1.46. The fourth-order valence-corrected chi connectivity index (χ4v) is 3.23. The molecule has 5 rings (SSSR count). The molecule has 2 aromatic carbocycles. The highest BCUT2D eigenvalue weighted by molar-refractivity contribution is 5.57. The Labute approximate surface area is 120 Å². The monoisotopic (exact) mass is 284 g/mol. The van der Waals surface area contributed by atoms with Crippen LogP contribution in [0.1, 0.15) is 23.1 Å². The SMILES string of the molecule is Oc1ccc2c(c1)OC[C@@H]1c3cc4c(cc3O[C@@H]21)OCO4. The molecule has 0 aliphatic carbocycles. The van der Waals surface area contributed by atoms with Crippen LogP contribution in [-0.2, 0) is 0 Å². The molecule has 0 saturated heterocycles. The van der Waals surface area contributed by atoms with Gasteiger partial charge in [-0.05, 0) is 18.2 Å². The van der Waals surface area contributed by atoms with Crippen molar-refractivity contribution in [3.8, 4) is 28.7 Å². The second kappa shape index (κ2) is 3.75. The Morgan fingerprint density at radius 1 is 0.857 bits per heavy atom. The first kappa shape index (κ1) is 11.1. The molecule has 1 N–H and O–H groups in total. The molecule has 0 aromatic heterocycles. The molecule has 0 fully saturated rings. The van der Waals surface area contributed by atoms with E-state index in [2.05, 4.69) is 0 Å². The van der Waals surface area contributed by atoms with Gasteiger partial charge in [-0.1, -0.05) is 0 Å². The number of hydrogen-bond donors (Lipinski definition) is 1. The van der Waals surface area contributed by atoms with E-state index >= 15 is 0 Å². The van der Waals surface area contributed by atoms with Gasteiger partial charge in [-0.2, -0.15) is 0 Å². The molecule has 21 heavy (non-hydrogen) atoms. The van der Waals surface area contributed by atoms with Crippen LogP contribution < -0.4 is 18.9 Å². The zero-order valence-corrected chi connectivity index (χ0v) is 11.0. The Bertz CT molecular complexity index is 755. The van der Waals surface area contributed by atoms with Gasteiger partial charge in [0.25, 0.3) is 0 Å². The molecule has 0 bridgehead atoms. The number of ether oxygens (including phenoxy) is 4. The molecule has 0 spiro atoms. The number of hydrogen-bond acceptors (Lipinski definition) is 5. The number of rotatable bonds is 0. The lowest BCUT2D eigenvalue weighted by Crippen LogP contribution is -2.23. The number of phenolic OH excluding ortho intramolecular Hbond substituents is 1. The summed E-state index contributed by atoms with van der Waals surface area (Å²) in [7, 11) is 0. The average Bonchev–Trinajstić information content (AvgIpc) is 3.07. The summed E-state index contributed by atoms with van der Waals surface area (Å²) in [6.07, 6.45) is -0.0909. The summed E-state index contributed by atoms with van der Waals surface area (Å²) in [5.41, 5.74) is 2.05. The number of benzene rings is 2. The van der Waals surface area contributed by atoms with Crippen molar-refractivity contribution in [1.82, 2.24) is 0 Å². The van der Waals surface area contributed by atoms with Gasteiger partial charge in [0, 0.05) is 23.3 Å². The van der Waals surface area contributed by atoms with Gasteiger partial charge in [-0.15, -0.1) is 0 Å². The lowest BCUT2D eigenvalue weighted by atomic mass is 9.89. The minimum Gasteiger partial charge on any atom is -0.508 e. The summed E-state index contributed by atoms with van der Waals surface area (Å²) in [6, 6.07) is 9.01. The summed E-state index contributed by atoms with van der Waals surface area (Å²) >= 11 is 0. The predicted molar refractivity (Wildman–Crippen MR) is 72.3 cm³/mol. The topological polar surface area (TPSA) is 57.2 Å². The zero-order chi connectivity index (χ0) is 14.0. The van der Waals surface area contributed by atoms with Gasteiger partial charge >= 0.3 is 0 Å². The molecule has 0 radical (unpaired) electrons. The minimum absolute atomic E-state index is 0.0909. The lowest BCUT2D eigenvalue weighted by Gasteiger charge is -2.27. The molecule has 3 heterocycles. The highest BCUT2D eigenvalue weighted by Crippen LogP contribution is 2.54. The molecule has 0 amide bonds. The number of phenols is 1. The summed E-state index contributed by atoms with van der Waals surface area (Å²) in [5.74, 6) is 3.31. The highest BCUT2D eigenvalue weighted by atomic mass is 16.7. The standard InChI is InChI=1S/C16H12O5/c17-8-1-2-9-12(3-8)18-6-11-10-4-14-15(20-7-19-14)5-13(10)21-16(9)11/h1-5,11,16-17H,6-7H2/t11-,16+/m1/s1. The maximum atomic E-state index is 9.56. The van der Waals surface area contributed by atoms with E-state index in [-0.39, 0.29) is 24.6 Å². The smallest absolute Gasteiger partial charge is 0.231 e. The normalized spacial score (nSPS) is 23.6. The molecule has 5 heteroatoms. The summed E-state index contributed by atoms with van der Waals surface area (Å²) in [6.45, 7) is 0.776. The second-order valence-corrected chi connectivity index (χ2v) is 5.42. The molecule has 5 nitrogen and oxygen atoms in total. The zero-order valence-electron chi connectivity index (χ0n) is 11.0. The van der Waals surface area contributed by atoms with Gasteiger partial charge in [0.2, 0.25) is 6.79 Å². The van der Waals surface area contributed by atoms with Crippen molar-refractivity contribution in [3.05, 3.63) is 41.5 Å². The van der Waals surface area contributed by atoms with Gasteiger partial charge in [0.05, 0.1) is 12.5 Å². The van der Waals surface area contributed by atoms with Gasteiger partial charge in [-0.3, -0.25) is 0 Å². The number of fused-ring (bicyclic) bond motifs is 6. The van der Waals surface area contributed by atoms with Gasteiger partial charge in [0.15, 0.2) is 11.5 Å². The van der Waals surface area contributed by atoms with Crippen molar-refractivity contribution < 1.29 is 24.1 Å². The maximum absolute atomic E-state index is 9.56. The lowest BCUT2D eigenvalue weighted by molar-refractivity contribution is 0.138. The Kier molecular flexibility index (Phi) is 1.99. The van der Waals surface area contributed by atoms with Crippen LogP contribution in [0.4, 0.5) is 0 Å². The molecule has 3 aliphatic heterocycles. The largest absolute Gasteiger partial charge is 0.508 e. The number of aromatic hydroxyl groups is 1. The third-order valence-corrected chi connectivity index (χ3v) is 4.25. The van der Waals surface area contributed by atoms with Crippen molar-refractivity contribution in [2.24, 2.45) is 0 Å². The van der Waals surface area contributed by atoms with Crippen molar-refractivity contribution in [1.29, 1.82) is 0 Å². The van der Waals surface area contributed by atoms with E-state index in [9.17, 15) is 5.11 Å². The van der Waals surface area contributed by atoms with Gasteiger partial charge < -0.3 is 24.1 Å². The van der Waals surface area contributed by atoms with Crippen LogP contribution in [0.15, 0.2) is 30.3 Å². The van der Waals surface area contributed by atoms with Crippen molar-refractivity contribution >= 4 is 0 Å². The summed E-state index contributed by atoms with van der Waals surface area (Å²) < 4.78 is 22.7. The molecular weight excluding hydrogens is 272 g/mol. The van der Waals surface area contributed by atoms with Crippen molar-refractivity contribution in [3.63, 3.8) is 0 Å². The van der Waals surface area contributed by atoms with Crippen LogP contribution in [0, 0.1) is 0 Å². The van der Waals surface area contributed by atoms with E-state index in [0.29, 0.717) is 12.4 Å². The Hall–Kier alpha value is -2.56.